The number of aliphatic hydroxyl groups excluding tert-OH is 1. The van der Waals surface area contributed by atoms with E-state index in [4.69, 9.17) is 10.5 Å². The van der Waals surface area contributed by atoms with E-state index in [1.54, 1.807) is 24.5 Å². The van der Waals surface area contributed by atoms with Gasteiger partial charge in [-0.15, -0.1) is 0 Å². The standard InChI is InChI=1S/C27H33N5O4/c1-17-8-9-18(25(34)30-20-10-11-20)14-22(17)32-13-12-29-24(26(32)35)31-27(2,3)21-6-4-5-7-23(21)36-16-19(28)15-33/h4-9,12-14,19-20,33H,10-11,15-16,28H2,1-3H3,(H,29,31)(H,30,34)/t19-/m0/s1. The van der Waals surface area contributed by atoms with Gasteiger partial charge in [0.15, 0.2) is 5.82 Å². The summed E-state index contributed by atoms with van der Waals surface area (Å²) in [5.74, 6) is 0.620. The van der Waals surface area contributed by atoms with E-state index in [1.807, 2.05) is 51.1 Å². The van der Waals surface area contributed by atoms with Crippen molar-refractivity contribution >= 4 is 11.7 Å². The molecule has 190 valence electrons. The molecule has 0 aliphatic heterocycles. The van der Waals surface area contributed by atoms with Crippen LogP contribution in [0.2, 0.25) is 0 Å². The van der Waals surface area contributed by atoms with E-state index in [1.165, 1.54) is 4.57 Å². The maximum Gasteiger partial charge on any atom is 0.297 e. The third-order valence-corrected chi connectivity index (χ3v) is 6.16. The summed E-state index contributed by atoms with van der Waals surface area (Å²) < 4.78 is 7.35. The molecule has 5 N–H and O–H groups in total. The molecule has 1 amide bonds. The van der Waals surface area contributed by atoms with Gasteiger partial charge in [-0.25, -0.2) is 4.98 Å². The molecule has 1 aromatic heterocycles. The third-order valence-electron chi connectivity index (χ3n) is 6.16. The monoisotopic (exact) mass is 491 g/mol. The average Bonchev–Trinajstić information content (AvgIpc) is 3.68. The van der Waals surface area contributed by atoms with Crippen LogP contribution in [-0.4, -0.2) is 45.9 Å². The first-order chi connectivity index (χ1) is 17.2. The number of carbonyl (C=O) groups excluding carboxylic acids is 1. The Hall–Kier alpha value is -3.69. The fraction of sp³-hybridized carbons (Fsp3) is 0.370. The van der Waals surface area contributed by atoms with Gasteiger partial charge in [-0.05, 0) is 57.4 Å². The van der Waals surface area contributed by atoms with E-state index >= 15 is 0 Å². The van der Waals surface area contributed by atoms with Gasteiger partial charge in [-0.2, -0.15) is 0 Å². The van der Waals surface area contributed by atoms with Crippen LogP contribution >= 0.6 is 0 Å². The van der Waals surface area contributed by atoms with Gasteiger partial charge in [0.25, 0.3) is 11.5 Å². The molecule has 1 saturated carbocycles. The predicted molar refractivity (Wildman–Crippen MR) is 139 cm³/mol. The maximum absolute atomic E-state index is 13.5. The lowest BCUT2D eigenvalue weighted by Gasteiger charge is -2.29. The van der Waals surface area contributed by atoms with E-state index in [0.717, 1.165) is 24.0 Å². The SMILES string of the molecule is Cc1ccc(C(=O)NC2CC2)cc1-n1ccnc(NC(C)(C)c2ccccc2OC[C@@H](N)CO)c1=O. The number of anilines is 1. The second-order valence-corrected chi connectivity index (χ2v) is 9.70. The number of hydrogen-bond donors (Lipinski definition) is 4. The summed E-state index contributed by atoms with van der Waals surface area (Å²) in [5, 5.41) is 15.5. The molecule has 1 fully saturated rings. The van der Waals surface area contributed by atoms with Crippen molar-refractivity contribution in [1.82, 2.24) is 14.9 Å². The molecule has 0 radical (unpaired) electrons. The molecule has 4 rings (SSSR count). The molecule has 9 nitrogen and oxygen atoms in total. The molecule has 0 unspecified atom stereocenters. The number of nitrogens with two attached hydrogens (primary N) is 1. The minimum absolute atomic E-state index is 0.141. The van der Waals surface area contributed by atoms with Crippen molar-refractivity contribution in [3.8, 4) is 11.4 Å². The minimum Gasteiger partial charge on any atom is -0.492 e. The predicted octanol–water partition coefficient (Wildman–Crippen LogP) is 2.48. The van der Waals surface area contributed by atoms with Crippen molar-refractivity contribution in [3.63, 3.8) is 0 Å². The van der Waals surface area contributed by atoms with E-state index in [0.29, 0.717) is 17.0 Å². The smallest absolute Gasteiger partial charge is 0.297 e. The van der Waals surface area contributed by atoms with Crippen molar-refractivity contribution in [2.24, 2.45) is 5.73 Å². The summed E-state index contributed by atoms with van der Waals surface area (Å²) >= 11 is 0. The Morgan fingerprint density at radius 1 is 1.28 bits per heavy atom. The summed E-state index contributed by atoms with van der Waals surface area (Å²) in [7, 11) is 0. The maximum atomic E-state index is 13.5. The molecule has 2 aromatic carbocycles. The van der Waals surface area contributed by atoms with Crippen molar-refractivity contribution in [2.45, 2.75) is 51.2 Å². The van der Waals surface area contributed by atoms with Crippen LogP contribution in [0.25, 0.3) is 5.69 Å². The van der Waals surface area contributed by atoms with Crippen molar-refractivity contribution in [1.29, 1.82) is 0 Å². The zero-order valence-electron chi connectivity index (χ0n) is 20.8. The summed E-state index contributed by atoms with van der Waals surface area (Å²) in [6.45, 7) is 5.72. The second kappa shape index (κ2) is 10.5. The normalized spacial score (nSPS) is 14.2. The zero-order valence-corrected chi connectivity index (χ0v) is 20.8. The fourth-order valence-electron chi connectivity index (χ4n) is 3.92. The molecule has 1 aliphatic rings. The van der Waals surface area contributed by atoms with Crippen molar-refractivity contribution in [3.05, 3.63) is 81.9 Å². The number of amides is 1. The van der Waals surface area contributed by atoms with Crippen LogP contribution < -0.4 is 26.7 Å². The molecule has 1 heterocycles. The number of rotatable bonds is 10. The number of para-hydroxylation sites is 1. The quantitative estimate of drug-likeness (QED) is 0.343. The Morgan fingerprint density at radius 3 is 2.75 bits per heavy atom. The van der Waals surface area contributed by atoms with Gasteiger partial charge < -0.3 is 26.2 Å². The highest BCUT2D eigenvalue weighted by atomic mass is 16.5. The van der Waals surface area contributed by atoms with Gasteiger partial charge in [0.2, 0.25) is 0 Å². The van der Waals surface area contributed by atoms with Crippen LogP contribution in [-0.2, 0) is 5.54 Å². The molecule has 1 aliphatic carbocycles. The van der Waals surface area contributed by atoms with E-state index in [-0.39, 0.29) is 36.5 Å². The first kappa shape index (κ1) is 25.4. The molecule has 1 atom stereocenters. The van der Waals surface area contributed by atoms with E-state index < -0.39 is 11.6 Å². The Bertz CT molecular complexity index is 1300. The number of ether oxygens (including phenoxy) is 1. The molecular weight excluding hydrogens is 458 g/mol. The summed E-state index contributed by atoms with van der Waals surface area (Å²) in [6.07, 6.45) is 5.15. The number of aromatic nitrogens is 2. The molecule has 0 saturated heterocycles. The summed E-state index contributed by atoms with van der Waals surface area (Å²) in [4.78, 5) is 30.4. The number of aliphatic hydroxyl groups is 1. The number of nitrogens with zero attached hydrogens (tertiary/aromatic N) is 2. The first-order valence-corrected chi connectivity index (χ1v) is 12.1. The highest BCUT2D eigenvalue weighted by Gasteiger charge is 2.27. The van der Waals surface area contributed by atoms with Crippen LogP contribution in [0.5, 0.6) is 5.75 Å². The van der Waals surface area contributed by atoms with Gasteiger partial charge in [0, 0.05) is 29.6 Å². The van der Waals surface area contributed by atoms with Crippen LogP contribution in [0, 0.1) is 6.92 Å². The molecule has 0 bridgehead atoms. The highest BCUT2D eigenvalue weighted by molar-refractivity contribution is 5.95. The number of nitrogens with one attached hydrogen (secondary N) is 2. The van der Waals surface area contributed by atoms with Gasteiger partial charge >= 0.3 is 0 Å². The fourth-order valence-corrected chi connectivity index (χ4v) is 3.92. The average molecular weight is 492 g/mol. The number of carbonyl (C=O) groups is 1. The van der Waals surface area contributed by atoms with Gasteiger partial charge in [0.1, 0.15) is 12.4 Å². The number of aryl methyl sites for hydroxylation is 1. The van der Waals surface area contributed by atoms with E-state index in [2.05, 4.69) is 15.6 Å². The molecular formula is C27H33N5O4. The Balaban J connectivity index is 1.63. The van der Waals surface area contributed by atoms with Crippen molar-refractivity contribution in [2.75, 3.05) is 18.5 Å². The van der Waals surface area contributed by atoms with Gasteiger partial charge in [-0.1, -0.05) is 24.3 Å². The lowest BCUT2D eigenvalue weighted by Crippen LogP contribution is -2.35. The van der Waals surface area contributed by atoms with Crippen LogP contribution in [0.1, 0.15) is 48.2 Å². The lowest BCUT2D eigenvalue weighted by molar-refractivity contribution is 0.0951. The highest BCUT2D eigenvalue weighted by Crippen LogP contribution is 2.32. The van der Waals surface area contributed by atoms with Crippen LogP contribution in [0.15, 0.2) is 59.7 Å². The number of benzene rings is 2. The Kier molecular flexibility index (Phi) is 7.42. The third kappa shape index (κ3) is 5.75. The first-order valence-electron chi connectivity index (χ1n) is 12.1. The molecule has 9 heteroatoms. The minimum atomic E-state index is -0.730. The zero-order chi connectivity index (χ0) is 25.9. The lowest BCUT2D eigenvalue weighted by atomic mass is 9.93. The van der Waals surface area contributed by atoms with Gasteiger partial charge in [0.05, 0.1) is 23.9 Å². The molecule has 36 heavy (non-hydrogen) atoms. The Labute approximate surface area is 210 Å². The largest absolute Gasteiger partial charge is 0.492 e. The molecule has 3 aromatic rings. The van der Waals surface area contributed by atoms with Crippen molar-refractivity contribution < 1.29 is 14.6 Å². The van der Waals surface area contributed by atoms with Crippen LogP contribution in [0.3, 0.4) is 0 Å². The number of hydrogen-bond acceptors (Lipinski definition) is 7. The van der Waals surface area contributed by atoms with Crippen LogP contribution in [0.4, 0.5) is 5.82 Å². The molecule has 0 spiro atoms. The Morgan fingerprint density at radius 2 is 2.03 bits per heavy atom. The second-order valence-electron chi connectivity index (χ2n) is 9.70. The summed E-state index contributed by atoms with van der Waals surface area (Å²) in [6, 6.07) is 12.5. The topological polar surface area (TPSA) is 132 Å². The van der Waals surface area contributed by atoms with E-state index in [9.17, 15) is 14.7 Å². The summed E-state index contributed by atoms with van der Waals surface area (Å²) in [5.41, 5.74) is 7.52. The van der Waals surface area contributed by atoms with Gasteiger partial charge in [-0.3, -0.25) is 14.2 Å².